The highest BCUT2D eigenvalue weighted by Gasteiger charge is 2.23. The van der Waals surface area contributed by atoms with Crippen molar-refractivity contribution in [1.82, 2.24) is 10.2 Å². The third-order valence-electron chi connectivity index (χ3n) is 2.50. The summed E-state index contributed by atoms with van der Waals surface area (Å²) in [6.07, 6.45) is 0. The number of aromatic amines is 1. The van der Waals surface area contributed by atoms with E-state index in [9.17, 15) is 12.8 Å². The maximum Gasteiger partial charge on any atom is 0.265 e. The normalized spacial score (nSPS) is 11.6. The molecular formula is C11H11BrFN3O2S. The lowest BCUT2D eigenvalue weighted by molar-refractivity contribution is 0.600. The van der Waals surface area contributed by atoms with Gasteiger partial charge in [0, 0.05) is 4.47 Å². The van der Waals surface area contributed by atoms with Gasteiger partial charge in [-0.2, -0.15) is 5.10 Å². The number of anilines is 1. The van der Waals surface area contributed by atoms with Gasteiger partial charge < -0.3 is 0 Å². The summed E-state index contributed by atoms with van der Waals surface area (Å²) in [7, 11) is -3.76. The molecule has 0 radical (unpaired) electrons. The van der Waals surface area contributed by atoms with Crippen molar-refractivity contribution in [2.24, 2.45) is 0 Å². The first-order valence-electron chi connectivity index (χ1n) is 5.30. The van der Waals surface area contributed by atoms with Crippen LogP contribution in [0.25, 0.3) is 0 Å². The molecule has 19 heavy (non-hydrogen) atoms. The van der Waals surface area contributed by atoms with Gasteiger partial charge in [-0.05, 0) is 48.0 Å². The molecule has 1 aromatic heterocycles. The number of halogens is 2. The molecule has 1 aromatic carbocycles. The first-order chi connectivity index (χ1) is 8.81. The molecule has 1 heterocycles. The van der Waals surface area contributed by atoms with E-state index in [2.05, 4.69) is 30.8 Å². The predicted octanol–water partition coefficient (Wildman–Crippen LogP) is 2.73. The molecule has 0 unspecified atom stereocenters. The third-order valence-corrected chi connectivity index (χ3v) is 4.79. The van der Waals surface area contributed by atoms with Crippen LogP contribution in [0.5, 0.6) is 0 Å². The second kappa shape index (κ2) is 4.93. The Balaban J connectivity index is 2.42. The zero-order valence-corrected chi connectivity index (χ0v) is 12.6. The van der Waals surface area contributed by atoms with Crippen molar-refractivity contribution in [2.45, 2.75) is 18.7 Å². The van der Waals surface area contributed by atoms with Crippen molar-refractivity contribution < 1.29 is 12.8 Å². The summed E-state index contributed by atoms with van der Waals surface area (Å²) in [6.45, 7) is 3.21. The molecule has 0 saturated heterocycles. The van der Waals surface area contributed by atoms with Gasteiger partial charge in [-0.15, -0.1) is 0 Å². The Kier molecular flexibility index (Phi) is 3.64. The Labute approximate surface area is 118 Å². The van der Waals surface area contributed by atoms with Crippen molar-refractivity contribution >= 4 is 31.6 Å². The molecule has 2 aromatic rings. The van der Waals surface area contributed by atoms with Gasteiger partial charge in [-0.1, -0.05) is 0 Å². The highest BCUT2D eigenvalue weighted by Crippen LogP contribution is 2.27. The molecule has 0 spiro atoms. The minimum absolute atomic E-state index is 0.101. The molecule has 2 rings (SSSR count). The number of rotatable bonds is 3. The maximum absolute atomic E-state index is 13.0. The highest BCUT2D eigenvalue weighted by atomic mass is 79.9. The molecule has 0 aliphatic heterocycles. The van der Waals surface area contributed by atoms with Crippen LogP contribution in [0.1, 0.15) is 11.4 Å². The minimum atomic E-state index is -3.76. The molecule has 0 amide bonds. The summed E-state index contributed by atoms with van der Waals surface area (Å²) in [5.74, 6) is -0.453. The molecule has 0 bridgehead atoms. The summed E-state index contributed by atoms with van der Waals surface area (Å²) in [5, 5.41) is 6.46. The Morgan fingerprint density at radius 1 is 1.37 bits per heavy atom. The molecule has 0 fully saturated rings. The molecule has 0 saturated carbocycles. The zero-order valence-electron chi connectivity index (χ0n) is 10.2. The van der Waals surface area contributed by atoms with E-state index in [-0.39, 0.29) is 10.6 Å². The molecule has 102 valence electrons. The van der Waals surface area contributed by atoms with E-state index in [1.54, 1.807) is 13.8 Å². The smallest absolute Gasteiger partial charge is 0.265 e. The summed E-state index contributed by atoms with van der Waals surface area (Å²) in [6, 6.07) is 3.71. The van der Waals surface area contributed by atoms with Crippen LogP contribution in [0, 0.1) is 19.7 Å². The van der Waals surface area contributed by atoms with E-state index < -0.39 is 15.8 Å². The first-order valence-corrected chi connectivity index (χ1v) is 7.58. The summed E-state index contributed by atoms with van der Waals surface area (Å²) >= 11 is 3.11. The molecule has 5 nitrogen and oxygen atoms in total. The van der Waals surface area contributed by atoms with E-state index in [1.165, 1.54) is 18.2 Å². The standard InChI is InChI=1S/C11H11BrFN3O2S/c1-6-11(7(2)15-14-6)19(17,18)16-10-4-3-8(13)5-9(10)12/h3-5,16H,1-2H3,(H,14,15). The second-order valence-electron chi connectivity index (χ2n) is 3.99. The third kappa shape index (κ3) is 2.79. The second-order valence-corrected chi connectivity index (χ2v) is 6.47. The van der Waals surface area contributed by atoms with Crippen LogP contribution in [-0.2, 0) is 10.0 Å². The molecule has 2 N–H and O–H groups in total. The molecule has 0 aliphatic rings. The van der Waals surface area contributed by atoms with Crippen LogP contribution < -0.4 is 4.72 Å². The highest BCUT2D eigenvalue weighted by molar-refractivity contribution is 9.10. The molecular weight excluding hydrogens is 337 g/mol. The largest absolute Gasteiger partial charge is 0.281 e. The summed E-state index contributed by atoms with van der Waals surface area (Å²) in [5.41, 5.74) is 1.09. The average molecular weight is 348 g/mol. The van der Waals surface area contributed by atoms with Crippen LogP contribution in [-0.4, -0.2) is 18.6 Å². The average Bonchev–Trinajstić information content (AvgIpc) is 2.63. The van der Waals surface area contributed by atoms with Gasteiger partial charge in [0.2, 0.25) is 0 Å². The fourth-order valence-corrected chi connectivity index (χ4v) is 3.74. The molecule has 8 heteroatoms. The van der Waals surface area contributed by atoms with Crippen molar-refractivity contribution in [3.63, 3.8) is 0 Å². The predicted molar refractivity (Wildman–Crippen MR) is 73.0 cm³/mol. The Morgan fingerprint density at radius 3 is 2.58 bits per heavy atom. The number of H-pyrrole nitrogens is 1. The van der Waals surface area contributed by atoms with Gasteiger partial charge >= 0.3 is 0 Å². The molecule has 0 atom stereocenters. The van der Waals surface area contributed by atoms with Gasteiger partial charge in [0.05, 0.1) is 17.1 Å². The fourth-order valence-electron chi connectivity index (χ4n) is 1.70. The Bertz CT molecular complexity index is 708. The SMILES string of the molecule is Cc1n[nH]c(C)c1S(=O)(=O)Nc1ccc(F)cc1Br. The van der Waals surface area contributed by atoms with Gasteiger partial charge in [-0.3, -0.25) is 9.82 Å². The summed E-state index contributed by atoms with van der Waals surface area (Å²) < 4.78 is 40.2. The topological polar surface area (TPSA) is 74.8 Å². The minimum Gasteiger partial charge on any atom is -0.281 e. The monoisotopic (exact) mass is 347 g/mol. The number of nitrogens with one attached hydrogen (secondary N) is 2. The number of hydrogen-bond acceptors (Lipinski definition) is 3. The fraction of sp³-hybridized carbons (Fsp3) is 0.182. The van der Waals surface area contributed by atoms with E-state index in [4.69, 9.17) is 0 Å². The van der Waals surface area contributed by atoms with Crippen LogP contribution in [0.2, 0.25) is 0 Å². The number of aryl methyl sites for hydroxylation is 2. The number of aromatic nitrogens is 2. The van der Waals surface area contributed by atoms with Crippen molar-refractivity contribution in [1.29, 1.82) is 0 Å². The zero-order chi connectivity index (χ0) is 14.2. The number of nitrogens with zero attached hydrogens (tertiary/aromatic N) is 1. The van der Waals surface area contributed by atoms with Gasteiger partial charge in [0.15, 0.2) is 0 Å². The number of sulfonamides is 1. The van der Waals surface area contributed by atoms with E-state index >= 15 is 0 Å². The van der Waals surface area contributed by atoms with E-state index in [0.717, 1.165) is 0 Å². The van der Waals surface area contributed by atoms with Gasteiger partial charge in [-0.25, -0.2) is 12.8 Å². The van der Waals surface area contributed by atoms with E-state index in [1.807, 2.05) is 0 Å². The van der Waals surface area contributed by atoms with Crippen LogP contribution in [0.3, 0.4) is 0 Å². The Hall–Kier alpha value is -1.41. The first kappa shape index (κ1) is 14.0. The molecule has 0 aliphatic carbocycles. The summed E-state index contributed by atoms with van der Waals surface area (Å²) in [4.78, 5) is 0.101. The van der Waals surface area contributed by atoms with Gasteiger partial charge in [0.25, 0.3) is 10.0 Å². The lowest BCUT2D eigenvalue weighted by atomic mass is 10.3. The lowest BCUT2D eigenvalue weighted by Gasteiger charge is -2.09. The van der Waals surface area contributed by atoms with Gasteiger partial charge in [0.1, 0.15) is 10.7 Å². The van der Waals surface area contributed by atoms with E-state index in [0.29, 0.717) is 15.9 Å². The lowest BCUT2D eigenvalue weighted by Crippen LogP contribution is -2.15. The van der Waals surface area contributed by atoms with Crippen molar-refractivity contribution in [2.75, 3.05) is 4.72 Å². The van der Waals surface area contributed by atoms with Crippen molar-refractivity contribution in [3.05, 3.63) is 39.9 Å². The van der Waals surface area contributed by atoms with Crippen LogP contribution in [0.15, 0.2) is 27.6 Å². The Morgan fingerprint density at radius 2 is 2.05 bits per heavy atom. The van der Waals surface area contributed by atoms with Crippen LogP contribution in [0.4, 0.5) is 10.1 Å². The van der Waals surface area contributed by atoms with Crippen molar-refractivity contribution in [3.8, 4) is 0 Å². The maximum atomic E-state index is 13.0. The van der Waals surface area contributed by atoms with Crippen LogP contribution >= 0.6 is 15.9 Å². The number of hydrogen-bond donors (Lipinski definition) is 2. The number of benzene rings is 1. The quantitative estimate of drug-likeness (QED) is 0.896.